The van der Waals surface area contributed by atoms with Crippen LogP contribution in [0.5, 0.6) is 5.75 Å². The molecule has 8 heteroatoms. The molecule has 0 bridgehead atoms. The van der Waals surface area contributed by atoms with E-state index in [-0.39, 0.29) is 11.6 Å². The Morgan fingerprint density at radius 3 is 1.88 bits per heavy atom. The molecular formula is C24H17F3N4O. The van der Waals surface area contributed by atoms with Crippen molar-refractivity contribution in [3.8, 4) is 28.3 Å². The molecule has 1 heterocycles. The topological polar surface area (TPSA) is 82.2 Å². The molecule has 160 valence electrons. The SMILES string of the molecule is N=NC(c1ccc(O)cc1)c1nc(-c2ccccc2)cc(-c2ccc(C(F)(F)F)cc2)n1. The van der Waals surface area contributed by atoms with E-state index in [1.807, 2.05) is 30.3 Å². The second-order valence-electron chi connectivity index (χ2n) is 7.06. The molecule has 0 saturated carbocycles. The van der Waals surface area contributed by atoms with E-state index in [4.69, 9.17) is 5.53 Å². The van der Waals surface area contributed by atoms with Crippen LogP contribution < -0.4 is 0 Å². The Bertz CT molecular complexity index is 1230. The van der Waals surface area contributed by atoms with Gasteiger partial charge in [-0.1, -0.05) is 54.6 Å². The Morgan fingerprint density at radius 1 is 0.781 bits per heavy atom. The van der Waals surface area contributed by atoms with Gasteiger partial charge in [-0.3, -0.25) is 0 Å². The first-order chi connectivity index (χ1) is 15.3. The first kappa shape index (κ1) is 21.2. The summed E-state index contributed by atoms with van der Waals surface area (Å²) >= 11 is 0. The summed E-state index contributed by atoms with van der Waals surface area (Å²) < 4.78 is 38.9. The van der Waals surface area contributed by atoms with E-state index in [1.54, 1.807) is 18.2 Å². The van der Waals surface area contributed by atoms with Gasteiger partial charge in [-0.25, -0.2) is 15.5 Å². The molecule has 1 unspecified atom stereocenters. The second kappa shape index (κ2) is 8.58. The monoisotopic (exact) mass is 434 g/mol. The van der Waals surface area contributed by atoms with Crippen LogP contribution in [0.4, 0.5) is 13.2 Å². The molecule has 4 aromatic rings. The quantitative estimate of drug-likeness (QED) is 0.345. The van der Waals surface area contributed by atoms with Gasteiger partial charge in [0.25, 0.3) is 0 Å². The Balaban J connectivity index is 1.85. The van der Waals surface area contributed by atoms with Crippen LogP contribution in [0.2, 0.25) is 0 Å². The molecule has 3 aromatic carbocycles. The molecule has 32 heavy (non-hydrogen) atoms. The van der Waals surface area contributed by atoms with Crippen molar-refractivity contribution in [3.63, 3.8) is 0 Å². The number of nitrogens with zero attached hydrogens (tertiary/aromatic N) is 3. The zero-order chi connectivity index (χ0) is 22.7. The number of aromatic hydroxyl groups is 1. The van der Waals surface area contributed by atoms with Gasteiger partial charge in [0, 0.05) is 11.1 Å². The third-order valence-corrected chi connectivity index (χ3v) is 4.90. The number of hydrogen-bond acceptors (Lipinski definition) is 5. The second-order valence-corrected chi connectivity index (χ2v) is 7.06. The van der Waals surface area contributed by atoms with Gasteiger partial charge in [-0.05, 0) is 35.9 Å². The highest BCUT2D eigenvalue weighted by Gasteiger charge is 2.30. The number of phenolic OH excluding ortho intramolecular Hbond substituents is 1. The van der Waals surface area contributed by atoms with Crippen molar-refractivity contribution < 1.29 is 18.3 Å². The summed E-state index contributed by atoms with van der Waals surface area (Å²) in [5.41, 5.74) is 9.78. The molecule has 0 radical (unpaired) electrons. The summed E-state index contributed by atoms with van der Waals surface area (Å²) in [6, 6.07) is 21.0. The van der Waals surface area contributed by atoms with Crippen molar-refractivity contribution in [3.05, 3.63) is 102 Å². The van der Waals surface area contributed by atoms with Gasteiger partial charge in [-0.15, -0.1) is 0 Å². The standard InChI is InChI=1S/C24H17F3N4O/c25-24(26,27)18-10-6-16(7-11-18)21-14-20(15-4-2-1-3-5-15)29-23(30-21)22(31-28)17-8-12-19(32)13-9-17/h1-14,22,28,32H. The first-order valence-corrected chi connectivity index (χ1v) is 9.62. The predicted octanol–water partition coefficient (Wildman–Crippen LogP) is 6.66. The molecule has 0 fully saturated rings. The van der Waals surface area contributed by atoms with Crippen LogP contribution in [-0.4, -0.2) is 15.1 Å². The highest BCUT2D eigenvalue weighted by molar-refractivity contribution is 5.68. The number of aromatic nitrogens is 2. The lowest BCUT2D eigenvalue weighted by molar-refractivity contribution is -0.137. The summed E-state index contributed by atoms with van der Waals surface area (Å²) in [6.45, 7) is 0. The average Bonchev–Trinajstić information content (AvgIpc) is 2.81. The minimum Gasteiger partial charge on any atom is -0.508 e. The molecule has 5 nitrogen and oxygen atoms in total. The Morgan fingerprint density at radius 2 is 1.34 bits per heavy atom. The molecule has 0 aliphatic carbocycles. The van der Waals surface area contributed by atoms with Crippen LogP contribution >= 0.6 is 0 Å². The van der Waals surface area contributed by atoms with Crippen LogP contribution in [0.1, 0.15) is 23.0 Å². The Kier molecular flexibility index (Phi) is 5.68. The number of alkyl halides is 3. The lowest BCUT2D eigenvalue weighted by Gasteiger charge is -2.14. The fourth-order valence-electron chi connectivity index (χ4n) is 3.26. The van der Waals surface area contributed by atoms with Crippen LogP contribution in [0.3, 0.4) is 0 Å². The lowest BCUT2D eigenvalue weighted by atomic mass is 10.0. The molecule has 0 amide bonds. The van der Waals surface area contributed by atoms with E-state index in [0.29, 0.717) is 22.5 Å². The van der Waals surface area contributed by atoms with Crippen molar-refractivity contribution in [2.75, 3.05) is 0 Å². The number of nitrogens with one attached hydrogen (secondary N) is 1. The molecular weight excluding hydrogens is 417 g/mol. The zero-order valence-electron chi connectivity index (χ0n) is 16.6. The zero-order valence-corrected chi connectivity index (χ0v) is 16.6. The van der Waals surface area contributed by atoms with Gasteiger partial charge in [0.05, 0.1) is 17.0 Å². The number of hydrogen-bond donors (Lipinski definition) is 2. The Hall–Kier alpha value is -4.07. The average molecular weight is 434 g/mol. The van der Waals surface area contributed by atoms with Crippen LogP contribution in [0.15, 0.2) is 90.0 Å². The van der Waals surface area contributed by atoms with Crippen molar-refractivity contribution in [1.82, 2.24) is 9.97 Å². The molecule has 0 saturated heterocycles. The summed E-state index contributed by atoms with van der Waals surface area (Å²) in [7, 11) is 0. The van der Waals surface area contributed by atoms with E-state index in [9.17, 15) is 18.3 Å². The maximum absolute atomic E-state index is 13.0. The number of halogens is 3. The van der Waals surface area contributed by atoms with E-state index in [0.717, 1.165) is 17.7 Å². The number of rotatable bonds is 5. The molecule has 1 aromatic heterocycles. The van der Waals surface area contributed by atoms with E-state index in [1.165, 1.54) is 24.3 Å². The normalized spacial score (nSPS) is 12.3. The van der Waals surface area contributed by atoms with Crippen LogP contribution in [0, 0.1) is 5.53 Å². The van der Waals surface area contributed by atoms with Gasteiger partial charge in [-0.2, -0.15) is 18.3 Å². The fraction of sp³-hybridized carbons (Fsp3) is 0.0833. The van der Waals surface area contributed by atoms with Gasteiger partial charge in [0.2, 0.25) is 0 Å². The molecule has 2 N–H and O–H groups in total. The van der Waals surface area contributed by atoms with Gasteiger partial charge in [0.15, 0.2) is 11.9 Å². The van der Waals surface area contributed by atoms with Gasteiger partial charge >= 0.3 is 6.18 Å². The third kappa shape index (κ3) is 4.49. The molecule has 0 spiro atoms. The fourth-order valence-corrected chi connectivity index (χ4v) is 3.26. The van der Waals surface area contributed by atoms with E-state index in [2.05, 4.69) is 15.1 Å². The summed E-state index contributed by atoms with van der Waals surface area (Å²) in [4.78, 5) is 9.11. The van der Waals surface area contributed by atoms with Gasteiger partial charge in [0.1, 0.15) is 5.75 Å². The van der Waals surface area contributed by atoms with Crippen molar-refractivity contribution in [1.29, 1.82) is 5.53 Å². The van der Waals surface area contributed by atoms with Crippen molar-refractivity contribution in [2.24, 2.45) is 5.11 Å². The molecule has 4 rings (SSSR count). The first-order valence-electron chi connectivity index (χ1n) is 9.62. The Labute approximate surface area is 181 Å². The van der Waals surface area contributed by atoms with Gasteiger partial charge < -0.3 is 5.11 Å². The summed E-state index contributed by atoms with van der Waals surface area (Å²) in [5.74, 6) is 0.295. The smallest absolute Gasteiger partial charge is 0.416 e. The molecule has 1 atom stereocenters. The minimum atomic E-state index is -4.43. The highest BCUT2D eigenvalue weighted by atomic mass is 19.4. The number of phenols is 1. The van der Waals surface area contributed by atoms with Crippen LogP contribution in [0.25, 0.3) is 22.5 Å². The minimum absolute atomic E-state index is 0.0712. The van der Waals surface area contributed by atoms with Crippen molar-refractivity contribution in [2.45, 2.75) is 12.2 Å². The van der Waals surface area contributed by atoms with E-state index >= 15 is 0 Å². The number of benzene rings is 3. The van der Waals surface area contributed by atoms with Crippen molar-refractivity contribution >= 4 is 0 Å². The molecule has 0 aliphatic rings. The third-order valence-electron chi connectivity index (χ3n) is 4.90. The summed E-state index contributed by atoms with van der Waals surface area (Å²) in [6.07, 6.45) is -4.43. The highest BCUT2D eigenvalue weighted by Crippen LogP contribution is 2.33. The summed E-state index contributed by atoms with van der Waals surface area (Å²) in [5, 5.41) is 13.2. The van der Waals surface area contributed by atoms with E-state index < -0.39 is 17.8 Å². The largest absolute Gasteiger partial charge is 0.508 e. The van der Waals surface area contributed by atoms with Crippen LogP contribution in [-0.2, 0) is 6.18 Å². The maximum atomic E-state index is 13.0. The molecule has 0 aliphatic heterocycles. The maximum Gasteiger partial charge on any atom is 0.416 e. The predicted molar refractivity (Wildman–Crippen MR) is 113 cm³/mol. The lowest BCUT2D eigenvalue weighted by Crippen LogP contribution is -2.06.